The Kier molecular flexibility index (Phi) is 5.61. The average molecular weight is 387 g/mol. The summed E-state index contributed by atoms with van der Waals surface area (Å²) in [5, 5.41) is 0. The van der Waals surface area contributed by atoms with Gasteiger partial charge in [-0.05, 0) is 67.6 Å². The molecule has 0 saturated heterocycles. The molecule has 1 N–H and O–H groups in total. The molecule has 0 radical (unpaired) electrons. The molecule has 0 bridgehead atoms. The summed E-state index contributed by atoms with van der Waals surface area (Å²) in [5.41, 5.74) is 0.303. The van der Waals surface area contributed by atoms with Crippen molar-refractivity contribution in [2.75, 3.05) is 11.3 Å². The third-order valence-electron chi connectivity index (χ3n) is 3.60. The Hall–Kier alpha value is -3.06. The van der Waals surface area contributed by atoms with E-state index in [1.54, 1.807) is 48.5 Å². The third kappa shape index (κ3) is 4.77. The molecule has 0 aliphatic rings. The van der Waals surface area contributed by atoms with Crippen LogP contribution in [-0.4, -0.2) is 15.0 Å². The lowest BCUT2D eigenvalue weighted by molar-refractivity contribution is 0.339. The summed E-state index contributed by atoms with van der Waals surface area (Å²) in [6, 6.07) is 18.7. The number of nitrogens with one attached hydrogen (secondary N) is 1. The van der Waals surface area contributed by atoms with Gasteiger partial charge in [0.15, 0.2) is 0 Å². The van der Waals surface area contributed by atoms with Crippen LogP contribution in [0.1, 0.15) is 6.92 Å². The topological polar surface area (TPSA) is 64.6 Å². The summed E-state index contributed by atoms with van der Waals surface area (Å²) in [6.07, 6.45) is 0. The second-order valence-electron chi connectivity index (χ2n) is 5.57. The smallest absolute Gasteiger partial charge is 0.264 e. The van der Waals surface area contributed by atoms with Crippen molar-refractivity contribution in [3.63, 3.8) is 0 Å². The molecule has 0 atom stereocenters. The molecule has 0 amide bonds. The Labute approximate surface area is 157 Å². The van der Waals surface area contributed by atoms with Crippen LogP contribution < -0.4 is 14.2 Å². The first-order valence-corrected chi connectivity index (χ1v) is 9.74. The lowest BCUT2D eigenvalue weighted by atomic mass is 10.3. The van der Waals surface area contributed by atoms with Gasteiger partial charge in [0, 0.05) is 5.69 Å². The van der Waals surface area contributed by atoms with Gasteiger partial charge in [-0.1, -0.05) is 12.1 Å². The van der Waals surface area contributed by atoms with Gasteiger partial charge in [-0.3, -0.25) is 4.72 Å². The van der Waals surface area contributed by atoms with E-state index in [2.05, 4.69) is 4.72 Å². The maximum Gasteiger partial charge on any atom is 0.264 e. The van der Waals surface area contributed by atoms with Gasteiger partial charge in [-0.15, -0.1) is 0 Å². The Morgan fingerprint density at radius 1 is 0.852 bits per heavy atom. The largest absolute Gasteiger partial charge is 0.494 e. The third-order valence-corrected chi connectivity index (χ3v) is 5.02. The van der Waals surface area contributed by atoms with Crippen molar-refractivity contribution < 1.29 is 22.3 Å². The monoisotopic (exact) mass is 387 g/mol. The second kappa shape index (κ2) is 8.09. The minimum absolute atomic E-state index is 0.303. The van der Waals surface area contributed by atoms with E-state index in [0.29, 0.717) is 23.8 Å². The van der Waals surface area contributed by atoms with Crippen molar-refractivity contribution in [2.24, 2.45) is 0 Å². The molecule has 0 unspecified atom stereocenters. The molecule has 0 heterocycles. The van der Waals surface area contributed by atoms with Crippen LogP contribution >= 0.6 is 0 Å². The van der Waals surface area contributed by atoms with E-state index < -0.39 is 20.7 Å². The highest BCUT2D eigenvalue weighted by Crippen LogP contribution is 2.26. The molecule has 3 aromatic carbocycles. The fraction of sp³-hybridized carbons (Fsp3) is 0.100. The van der Waals surface area contributed by atoms with Crippen LogP contribution in [0.25, 0.3) is 0 Å². The van der Waals surface area contributed by atoms with Crippen molar-refractivity contribution in [1.82, 2.24) is 0 Å². The Morgan fingerprint density at radius 2 is 1.41 bits per heavy atom. The van der Waals surface area contributed by atoms with E-state index in [9.17, 15) is 12.8 Å². The molecule has 5 nitrogen and oxygen atoms in total. The average Bonchev–Trinajstić information content (AvgIpc) is 2.65. The van der Waals surface area contributed by atoms with Crippen molar-refractivity contribution >= 4 is 15.7 Å². The SMILES string of the molecule is CCOc1ccc(Oc2ccc(NS(=O)(=O)c3ccccc3F)cc2)cc1. The maximum absolute atomic E-state index is 13.7. The zero-order valence-corrected chi connectivity index (χ0v) is 15.4. The fourth-order valence-corrected chi connectivity index (χ4v) is 3.51. The Bertz CT molecular complexity index is 1000. The van der Waals surface area contributed by atoms with Crippen LogP contribution in [0.4, 0.5) is 10.1 Å². The molecular weight excluding hydrogens is 369 g/mol. The van der Waals surface area contributed by atoms with Crippen LogP contribution in [0.3, 0.4) is 0 Å². The van der Waals surface area contributed by atoms with E-state index >= 15 is 0 Å². The number of hydrogen-bond acceptors (Lipinski definition) is 4. The van der Waals surface area contributed by atoms with Crippen molar-refractivity contribution in [3.05, 3.63) is 78.6 Å². The molecule has 3 rings (SSSR count). The van der Waals surface area contributed by atoms with Gasteiger partial charge in [0.2, 0.25) is 0 Å². The number of rotatable bonds is 7. The highest BCUT2D eigenvalue weighted by molar-refractivity contribution is 7.92. The van der Waals surface area contributed by atoms with E-state index in [1.165, 1.54) is 18.2 Å². The van der Waals surface area contributed by atoms with Gasteiger partial charge in [0.05, 0.1) is 6.61 Å². The molecule has 140 valence electrons. The van der Waals surface area contributed by atoms with Gasteiger partial charge >= 0.3 is 0 Å². The number of ether oxygens (including phenoxy) is 2. The number of halogens is 1. The minimum atomic E-state index is -4.01. The lowest BCUT2D eigenvalue weighted by Gasteiger charge is -2.10. The first kappa shape index (κ1) is 18.7. The van der Waals surface area contributed by atoms with Crippen molar-refractivity contribution in [2.45, 2.75) is 11.8 Å². The number of anilines is 1. The van der Waals surface area contributed by atoms with Gasteiger partial charge in [0.25, 0.3) is 10.0 Å². The Morgan fingerprint density at radius 3 is 2.00 bits per heavy atom. The molecule has 27 heavy (non-hydrogen) atoms. The van der Waals surface area contributed by atoms with Crippen LogP contribution in [0, 0.1) is 5.82 Å². The van der Waals surface area contributed by atoms with Gasteiger partial charge < -0.3 is 9.47 Å². The first-order chi connectivity index (χ1) is 13.0. The van der Waals surface area contributed by atoms with Crippen LogP contribution in [0.2, 0.25) is 0 Å². The zero-order chi connectivity index (χ0) is 19.3. The van der Waals surface area contributed by atoms with E-state index in [-0.39, 0.29) is 0 Å². The second-order valence-corrected chi connectivity index (χ2v) is 7.22. The Balaban J connectivity index is 1.69. The van der Waals surface area contributed by atoms with Gasteiger partial charge in [-0.25, -0.2) is 12.8 Å². The zero-order valence-electron chi connectivity index (χ0n) is 14.6. The molecule has 0 fully saturated rings. The summed E-state index contributed by atoms with van der Waals surface area (Å²) in [4.78, 5) is -0.403. The van der Waals surface area contributed by atoms with Gasteiger partial charge in [0.1, 0.15) is 28.0 Å². The predicted molar refractivity (Wildman–Crippen MR) is 101 cm³/mol. The maximum atomic E-state index is 13.7. The lowest BCUT2D eigenvalue weighted by Crippen LogP contribution is -2.14. The molecular formula is C20H18FNO4S. The predicted octanol–water partition coefficient (Wildman–Crippen LogP) is 4.82. The van der Waals surface area contributed by atoms with Gasteiger partial charge in [-0.2, -0.15) is 0 Å². The number of sulfonamides is 1. The summed E-state index contributed by atoms with van der Waals surface area (Å²) >= 11 is 0. The molecule has 3 aromatic rings. The van der Waals surface area contributed by atoms with E-state index in [0.717, 1.165) is 11.8 Å². The summed E-state index contributed by atoms with van der Waals surface area (Å²) in [6.45, 7) is 2.50. The first-order valence-electron chi connectivity index (χ1n) is 8.26. The van der Waals surface area contributed by atoms with Crippen LogP contribution in [0.15, 0.2) is 77.7 Å². The number of benzene rings is 3. The quantitative estimate of drug-likeness (QED) is 0.631. The molecule has 0 spiro atoms. The van der Waals surface area contributed by atoms with Crippen LogP contribution in [0.5, 0.6) is 17.2 Å². The minimum Gasteiger partial charge on any atom is -0.494 e. The highest BCUT2D eigenvalue weighted by atomic mass is 32.2. The molecule has 0 saturated carbocycles. The molecule has 7 heteroatoms. The summed E-state index contributed by atoms with van der Waals surface area (Å²) in [5.74, 6) is 1.11. The summed E-state index contributed by atoms with van der Waals surface area (Å²) in [7, 11) is -4.01. The number of hydrogen-bond donors (Lipinski definition) is 1. The fourth-order valence-electron chi connectivity index (χ4n) is 2.37. The summed E-state index contributed by atoms with van der Waals surface area (Å²) < 4.78 is 51.7. The normalized spacial score (nSPS) is 11.0. The standard InChI is InChI=1S/C20H18FNO4S/c1-2-25-16-11-13-18(14-12-16)26-17-9-7-15(8-10-17)22-27(23,24)20-6-4-3-5-19(20)21/h3-14,22H,2H2,1H3. The van der Waals surface area contributed by atoms with E-state index in [4.69, 9.17) is 9.47 Å². The molecule has 0 aliphatic carbocycles. The van der Waals surface area contributed by atoms with Crippen molar-refractivity contribution in [3.8, 4) is 17.2 Å². The molecule has 0 aliphatic heterocycles. The van der Waals surface area contributed by atoms with Crippen LogP contribution in [-0.2, 0) is 10.0 Å². The van der Waals surface area contributed by atoms with Crippen molar-refractivity contribution in [1.29, 1.82) is 0 Å². The van der Waals surface area contributed by atoms with E-state index in [1.807, 2.05) is 6.92 Å². The molecule has 0 aromatic heterocycles. The highest BCUT2D eigenvalue weighted by Gasteiger charge is 2.18.